The van der Waals surface area contributed by atoms with Crippen LogP contribution in [0.1, 0.15) is 77.7 Å². The molecule has 4 aliphatic carbocycles. The second-order valence-corrected chi connectivity index (χ2v) is 18.9. The van der Waals surface area contributed by atoms with Crippen molar-refractivity contribution in [1.29, 1.82) is 0 Å². The van der Waals surface area contributed by atoms with Crippen LogP contribution in [0.5, 0.6) is 0 Å². The molecule has 0 heterocycles. The summed E-state index contributed by atoms with van der Waals surface area (Å²) in [7, 11) is -7.21. The molecule has 14 heteroatoms. The van der Waals surface area contributed by atoms with Crippen molar-refractivity contribution in [3.63, 3.8) is 0 Å². The van der Waals surface area contributed by atoms with Crippen LogP contribution in [-0.2, 0) is 31.2 Å². The number of halogens is 8. The minimum absolute atomic E-state index is 0.0497. The molecule has 4 fully saturated rings. The van der Waals surface area contributed by atoms with E-state index in [9.17, 15) is 48.1 Å². The van der Waals surface area contributed by atoms with Crippen molar-refractivity contribution in [2.24, 2.45) is 23.2 Å². The fraction of sp³-hybridized carbons (Fsp3) is 0.526. The highest BCUT2D eigenvalue weighted by Crippen LogP contribution is 2.62. The Kier molecular flexibility index (Phi) is 11.3. The molecular formula is C38H42F8O4S2. The molecule has 52 heavy (non-hydrogen) atoms. The van der Waals surface area contributed by atoms with E-state index in [2.05, 4.69) is 110 Å². The van der Waals surface area contributed by atoms with Crippen molar-refractivity contribution in [2.75, 3.05) is 0 Å². The van der Waals surface area contributed by atoms with Crippen molar-refractivity contribution in [2.45, 2.75) is 116 Å². The number of rotatable bonds is 11. The Morgan fingerprint density at radius 2 is 1.08 bits per heavy atom. The molecule has 3 aromatic carbocycles. The van der Waals surface area contributed by atoms with Crippen LogP contribution in [0.25, 0.3) is 0 Å². The zero-order chi connectivity index (χ0) is 38.4. The van der Waals surface area contributed by atoms with Crippen LogP contribution < -0.4 is 0 Å². The van der Waals surface area contributed by atoms with Gasteiger partial charge >= 0.3 is 23.4 Å². The Morgan fingerprint density at radius 1 is 0.673 bits per heavy atom. The van der Waals surface area contributed by atoms with Gasteiger partial charge in [0, 0.05) is 6.42 Å². The second kappa shape index (κ2) is 14.5. The number of hydrogen-bond donors (Lipinski definition) is 0. The van der Waals surface area contributed by atoms with Gasteiger partial charge in [0.05, 0.1) is 10.9 Å². The highest BCUT2D eigenvalue weighted by atomic mass is 32.2. The van der Waals surface area contributed by atoms with E-state index in [0.717, 1.165) is 19.3 Å². The van der Waals surface area contributed by atoms with Gasteiger partial charge in [-0.2, -0.15) is 35.1 Å². The van der Waals surface area contributed by atoms with E-state index >= 15 is 0 Å². The zero-order valence-corrected chi connectivity index (χ0v) is 30.6. The molecule has 7 rings (SSSR count). The van der Waals surface area contributed by atoms with Gasteiger partial charge in [-0.25, -0.2) is 13.2 Å². The standard InChI is InChI=1S/C22H23S.C16H20F8O4S/c1-22(2,3)18-14-16-21(17-15-18)23(19-10-6-4-7-11-19)20-12-8-5-9-13-20;17-13(18,14(19,20)28-15(21,22)16(23,24)29(25,26)27)2-1-12-6-9-3-10(7-12)5-11(4-9)8-12/h4-17H,1-3H3;9-11H,1-8H2,(H,25,26,27)/q+1;/p-1. The highest BCUT2D eigenvalue weighted by molar-refractivity contribution is 7.97. The number of hydrogen-bond acceptors (Lipinski definition) is 4. The zero-order valence-electron chi connectivity index (χ0n) is 28.9. The van der Waals surface area contributed by atoms with Gasteiger partial charge in [0.25, 0.3) is 0 Å². The summed E-state index contributed by atoms with van der Waals surface area (Å²) in [5, 5.41) is -6.65. The molecule has 4 saturated carbocycles. The quantitative estimate of drug-likeness (QED) is 0.110. The second-order valence-electron chi connectivity index (χ2n) is 15.4. The van der Waals surface area contributed by atoms with Crippen LogP contribution in [0.15, 0.2) is 99.6 Å². The Hall–Kier alpha value is -2.68. The van der Waals surface area contributed by atoms with Gasteiger partial charge in [0.2, 0.25) is 0 Å². The number of benzene rings is 3. The molecule has 0 saturated heterocycles. The molecule has 0 spiro atoms. The first-order valence-electron chi connectivity index (χ1n) is 17.1. The van der Waals surface area contributed by atoms with E-state index in [1.165, 1.54) is 20.2 Å². The first-order valence-corrected chi connectivity index (χ1v) is 19.7. The van der Waals surface area contributed by atoms with E-state index < -0.39 is 51.8 Å². The van der Waals surface area contributed by atoms with Crippen molar-refractivity contribution in [3.05, 3.63) is 90.5 Å². The third kappa shape index (κ3) is 8.65. The van der Waals surface area contributed by atoms with Gasteiger partial charge in [-0.05, 0) is 115 Å². The van der Waals surface area contributed by atoms with Crippen molar-refractivity contribution in [1.82, 2.24) is 0 Å². The third-order valence-corrected chi connectivity index (χ3v) is 13.5. The summed E-state index contributed by atoms with van der Waals surface area (Å²) in [6, 6.07) is 30.7. The lowest BCUT2D eigenvalue weighted by molar-refractivity contribution is -0.457. The van der Waals surface area contributed by atoms with E-state index in [-0.39, 0.29) is 16.3 Å². The van der Waals surface area contributed by atoms with Gasteiger partial charge in [-0.1, -0.05) is 69.3 Å². The molecule has 3 aromatic rings. The monoisotopic (exact) mass is 778 g/mol. The Labute approximate surface area is 302 Å². The lowest BCUT2D eigenvalue weighted by Gasteiger charge is -2.57. The van der Waals surface area contributed by atoms with Gasteiger partial charge in [-0.3, -0.25) is 0 Å². The molecule has 286 valence electrons. The maximum atomic E-state index is 14.0. The first kappa shape index (κ1) is 40.5. The molecular weight excluding hydrogens is 737 g/mol. The average Bonchev–Trinajstić information content (AvgIpc) is 3.03. The Balaban J connectivity index is 0.000000206. The van der Waals surface area contributed by atoms with Gasteiger partial charge in [0.15, 0.2) is 24.8 Å². The lowest BCUT2D eigenvalue weighted by Crippen LogP contribution is -2.56. The molecule has 0 amide bonds. The molecule has 4 aliphatic rings. The maximum Gasteiger partial charge on any atom is 0.438 e. The van der Waals surface area contributed by atoms with Gasteiger partial charge in [0.1, 0.15) is 0 Å². The molecule has 0 aromatic heterocycles. The minimum atomic E-state index is -7.16. The molecule has 0 unspecified atom stereocenters. The van der Waals surface area contributed by atoms with Crippen LogP contribution in [0.4, 0.5) is 35.1 Å². The average molecular weight is 779 g/mol. The minimum Gasteiger partial charge on any atom is -0.743 e. The van der Waals surface area contributed by atoms with Crippen molar-refractivity contribution < 1.29 is 52.8 Å². The summed E-state index contributed by atoms with van der Waals surface area (Å²) in [5.74, 6) is -4.37. The predicted molar refractivity (Wildman–Crippen MR) is 181 cm³/mol. The highest BCUT2D eigenvalue weighted by Gasteiger charge is 2.71. The first-order chi connectivity index (χ1) is 24.0. The summed E-state index contributed by atoms with van der Waals surface area (Å²) in [4.78, 5) is 4.10. The van der Waals surface area contributed by atoms with Gasteiger partial charge in [-0.15, -0.1) is 0 Å². The van der Waals surface area contributed by atoms with Crippen LogP contribution in [0.2, 0.25) is 0 Å². The maximum absolute atomic E-state index is 14.0. The van der Waals surface area contributed by atoms with Crippen LogP contribution in [0.3, 0.4) is 0 Å². The molecule has 0 radical (unpaired) electrons. The predicted octanol–water partition coefficient (Wildman–Crippen LogP) is 11.0. The van der Waals surface area contributed by atoms with Crippen LogP contribution in [0, 0.1) is 23.2 Å². The number of alkyl halides is 8. The van der Waals surface area contributed by atoms with Crippen molar-refractivity contribution >= 4 is 21.0 Å². The molecule has 0 N–H and O–H groups in total. The largest absolute Gasteiger partial charge is 0.743 e. The smallest absolute Gasteiger partial charge is 0.438 e. The molecule has 4 nitrogen and oxygen atoms in total. The summed E-state index contributed by atoms with van der Waals surface area (Å²) >= 11 is 0. The fourth-order valence-electron chi connectivity index (χ4n) is 8.22. The third-order valence-electron chi connectivity index (χ3n) is 10.4. The topological polar surface area (TPSA) is 66.4 Å². The Bertz CT molecular complexity index is 1690. The van der Waals surface area contributed by atoms with E-state index in [1.807, 2.05) is 0 Å². The Morgan fingerprint density at radius 3 is 1.46 bits per heavy atom. The molecule has 4 bridgehead atoms. The summed E-state index contributed by atoms with van der Waals surface area (Å²) in [5.41, 5.74) is 0.946. The summed E-state index contributed by atoms with van der Waals surface area (Å²) in [6.07, 6.45) is -10.3. The van der Waals surface area contributed by atoms with E-state index in [4.69, 9.17) is 0 Å². The number of ether oxygens (including phenoxy) is 1. The van der Waals surface area contributed by atoms with Crippen molar-refractivity contribution in [3.8, 4) is 0 Å². The van der Waals surface area contributed by atoms with Crippen LogP contribution >= 0.6 is 0 Å². The lowest BCUT2D eigenvalue weighted by atomic mass is 9.48. The van der Waals surface area contributed by atoms with Gasteiger partial charge < -0.3 is 4.55 Å². The normalized spacial score (nSPS) is 23.8. The van der Waals surface area contributed by atoms with E-state index in [0.29, 0.717) is 37.0 Å². The molecule has 0 atom stereocenters. The van der Waals surface area contributed by atoms with E-state index in [1.54, 1.807) is 0 Å². The fourth-order valence-corrected chi connectivity index (χ4v) is 10.6. The summed E-state index contributed by atoms with van der Waals surface area (Å²) in [6.45, 7) is 6.78. The SMILES string of the molecule is CC(C)(C)c1ccc([S+](c2ccccc2)c2ccccc2)cc1.O=S(=O)([O-])C(F)(F)C(F)(F)OC(F)(F)C(F)(F)CCC12CC3CC(CC(C3)C1)C2. The molecule has 0 aliphatic heterocycles. The van der Waals surface area contributed by atoms with Crippen LogP contribution in [-0.4, -0.2) is 36.4 Å². The summed E-state index contributed by atoms with van der Waals surface area (Å²) < 4.78 is 141.